The van der Waals surface area contributed by atoms with E-state index in [1.54, 1.807) is 0 Å². The molecule has 0 fully saturated rings. The lowest BCUT2D eigenvalue weighted by Gasteiger charge is -2.28. The van der Waals surface area contributed by atoms with Crippen LogP contribution in [0.4, 0.5) is 11.4 Å². The third kappa shape index (κ3) is 9.21. The zero-order chi connectivity index (χ0) is 43.2. The molecule has 2 N–H and O–H groups in total. The Hall–Kier alpha value is -4.99. The molecule has 0 unspecified atom stereocenters. The highest BCUT2D eigenvalue weighted by Crippen LogP contribution is 2.54. The van der Waals surface area contributed by atoms with Gasteiger partial charge >= 0.3 is 5.97 Å². The predicted molar refractivity (Wildman–Crippen MR) is 271 cm³/mol. The zero-order valence-electron chi connectivity index (χ0n) is 34.3. The van der Waals surface area contributed by atoms with Gasteiger partial charge in [-0.05, 0) is 145 Å². The summed E-state index contributed by atoms with van der Waals surface area (Å²) in [5, 5.41) is 7.58. The lowest BCUT2D eigenvalue weighted by atomic mass is 9.82. The number of anilines is 2. The number of hydrogen-bond donors (Lipinski definition) is 2. The van der Waals surface area contributed by atoms with Crippen LogP contribution >= 0.6 is 63.7 Å². The number of aryl methyl sites for hydroxylation is 2. The Morgan fingerprint density at radius 2 is 0.919 bits per heavy atom. The molecule has 0 amide bonds. The molecule has 0 saturated carbocycles. The maximum Gasteiger partial charge on any atom is 0.341 e. The summed E-state index contributed by atoms with van der Waals surface area (Å²) in [7, 11) is 0. The fourth-order valence-electron chi connectivity index (χ4n) is 7.96. The zero-order valence-corrected chi connectivity index (χ0v) is 40.7. The monoisotopic (exact) mass is 1070 g/mol. The van der Waals surface area contributed by atoms with Crippen LogP contribution in [0.15, 0.2) is 188 Å². The molecule has 7 aromatic carbocycles. The Morgan fingerprint density at radius 1 is 0.516 bits per heavy atom. The van der Waals surface area contributed by atoms with Crippen LogP contribution < -0.4 is 10.6 Å². The largest absolute Gasteiger partial charge is 0.442 e. The van der Waals surface area contributed by atoms with E-state index in [0.717, 1.165) is 62.1 Å². The number of carbonyl (C=O) groups excluding carboxylic acids is 1. The Bertz CT molecular complexity index is 2640. The smallest absolute Gasteiger partial charge is 0.341 e. The van der Waals surface area contributed by atoms with Crippen LogP contribution in [0.2, 0.25) is 0 Å². The number of fused-ring (bicyclic) bond motifs is 1. The summed E-state index contributed by atoms with van der Waals surface area (Å²) < 4.78 is 9.70. The van der Waals surface area contributed by atoms with Crippen molar-refractivity contribution < 1.29 is 9.53 Å². The van der Waals surface area contributed by atoms with E-state index in [4.69, 9.17) is 4.74 Å². The molecular formula is C54H44Br4N2O2. The molecule has 4 nitrogen and oxygen atoms in total. The minimum absolute atomic E-state index is 0.437. The van der Waals surface area contributed by atoms with E-state index >= 15 is 0 Å². The third-order valence-corrected chi connectivity index (χ3v) is 16.0. The van der Waals surface area contributed by atoms with Crippen LogP contribution in [0.3, 0.4) is 0 Å². The Kier molecular flexibility index (Phi) is 13.8. The minimum atomic E-state index is -1.44. The molecule has 310 valence electrons. The Labute approximate surface area is 398 Å². The van der Waals surface area contributed by atoms with Crippen molar-refractivity contribution in [2.45, 2.75) is 45.4 Å². The van der Waals surface area contributed by atoms with Crippen LogP contribution in [0.5, 0.6) is 0 Å². The highest BCUT2D eigenvalue weighted by atomic mass is 79.9. The molecule has 1 aliphatic heterocycles. The normalized spacial score (nSPS) is 15.0. The van der Waals surface area contributed by atoms with Crippen molar-refractivity contribution in [1.82, 2.24) is 0 Å². The maximum atomic E-state index is 14.7. The lowest BCUT2D eigenvalue weighted by Crippen LogP contribution is -2.23. The summed E-state index contributed by atoms with van der Waals surface area (Å²) in [4.78, 5) is 14.7. The van der Waals surface area contributed by atoms with Crippen molar-refractivity contribution in [2.75, 3.05) is 10.6 Å². The first-order valence-electron chi connectivity index (χ1n) is 20.7. The van der Waals surface area contributed by atoms with Crippen molar-refractivity contribution in [3.63, 3.8) is 0 Å². The van der Waals surface area contributed by atoms with Gasteiger partial charge in [-0.25, -0.2) is 4.79 Å². The molecule has 0 aliphatic carbocycles. The second-order valence-corrected chi connectivity index (χ2v) is 18.4. The summed E-state index contributed by atoms with van der Waals surface area (Å²) in [6.07, 6.45) is 6.03. The standard InChI is InChI=1S/C54H44Br4N2O2/c1-3-35-25-27-41(45(29-35)59-33-37-17-9-5-10-18-37)43(39-21-13-7-14-22-39)31-54(48-47(53(61)62-54)49(55)51(57)52(58)50(48)56)32-44(40-23-15-8-16-24-40)42-28-26-36(4-2)30-46(42)60-34-38-19-11-6-12-20-38/h5-32,59-60H,3-4,33-34H2,1-2H3. The van der Waals surface area contributed by atoms with Gasteiger partial charge in [0.15, 0.2) is 5.60 Å². The first kappa shape index (κ1) is 43.7. The fraction of sp³-hybridized carbons (Fsp3) is 0.130. The summed E-state index contributed by atoms with van der Waals surface area (Å²) in [6, 6.07) is 54.8. The van der Waals surface area contributed by atoms with Gasteiger partial charge in [0.05, 0.1) is 5.56 Å². The summed E-state index contributed by atoms with van der Waals surface area (Å²) in [6.45, 7) is 5.61. The van der Waals surface area contributed by atoms with Gasteiger partial charge in [0.2, 0.25) is 0 Å². The Morgan fingerprint density at radius 3 is 1.34 bits per heavy atom. The van der Waals surface area contributed by atoms with Gasteiger partial charge in [0.1, 0.15) is 0 Å². The quantitative estimate of drug-likeness (QED) is 0.0647. The van der Waals surface area contributed by atoms with E-state index in [-0.39, 0.29) is 0 Å². The highest BCUT2D eigenvalue weighted by molar-refractivity contribution is 9.15. The molecule has 8 rings (SSSR count). The van der Waals surface area contributed by atoms with Gasteiger partial charge in [0.25, 0.3) is 0 Å². The van der Waals surface area contributed by atoms with Crippen molar-refractivity contribution in [1.29, 1.82) is 0 Å². The van der Waals surface area contributed by atoms with Crippen LogP contribution in [-0.4, -0.2) is 5.97 Å². The number of ether oxygens (including phenoxy) is 1. The topological polar surface area (TPSA) is 50.4 Å². The van der Waals surface area contributed by atoms with E-state index in [1.807, 2.05) is 48.5 Å². The second kappa shape index (κ2) is 19.6. The number of halogens is 4. The Balaban J connectivity index is 1.44. The lowest BCUT2D eigenvalue weighted by molar-refractivity contribution is 0.0298. The molecule has 0 spiro atoms. The van der Waals surface area contributed by atoms with Gasteiger partial charge in [-0.15, -0.1) is 0 Å². The van der Waals surface area contributed by atoms with Gasteiger partial charge in [-0.1, -0.05) is 159 Å². The average Bonchev–Trinajstić information content (AvgIpc) is 3.61. The number of esters is 1. The van der Waals surface area contributed by atoms with Crippen LogP contribution in [0.25, 0.3) is 11.1 Å². The predicted octanol–water partition coefficient (Wildman–Crippen LogP) is 15.7. The molecule has 0 bridgehead atoms. The first-order valence-corrected chi connectivity index (χ1v) is 23.8. The van der Waals surface area contributed by atoms with Gasteiger partial charge in [-0.2, -0.15) is 0 Å². The SMILES string of the molecule is CCc1ccc(C(=CC2(C=C(c3ccccc3)c3ccc(CC)cc3NCc3ccccc3)OC(=O)c3c(Br)c(Br)c(Br)c(Br)c32)c2ccccc2)c(NCc2ccccc2)c1. The van der Waals surface area contributed by atoms with E-state index in [1.165, 1.54) is 22.3 Å². The number of hydrogen-bond acceptors (Lipinski definition) is 4. The molecular weight excluding hydrogens is 1030 g/mol. The molecule has 1 aliphatic rings. The third-order valence-electron chi connectivity index (χ3n) is 11.2. The second-order valence-electron chi connectivity index (χ2n) is 15.2. The number of benzene rings is 7. The van der Waals surface area contributed by atoms with Crippen LogP contribution in [-0.2, 0) is 36.3 Å². The summed E-state index contributed by atoms with van der Waals surface area (Å²) >= 11 is 15.4. The number of cyclic esters (lactones) is 1. The highest BCUT2D eigenvalue weighted by Gasteiger charge is 2.48. The van der Waals surface area contributed by atoms with Crippen molar-refractivity contribution in [3.05, 3.63) is 243 Å². The van der Waals surface area contributed by atoms with Crippen molar-refractivity contribution in [2.24, 2.45) is 0 Å². The van der Waals surface area contributed by atoms with E-state index in [2.05, 4.69) is 210 Å². The number of rotatable bonds is 14. The first-order chi connectivity index (χ1) is 30.2. The molecule has 0 saturated heterocycles. The molecule has 0 atom stereocenters. The average molecular weight is 1070 g/mol. The van der Waals surface area contributed by atoms with Gasteiger partial charge in [0, 0.05) is 59.0 Å². The molecule has 62 heavy (non-hydrogen) atoms. The summed E-state index contributed by atoms with van der Waals surface area (Å²) in [5.74, 6) is -0.444. The maximum absolute atomic E-state index is 14.7. The molecule has 8 heteroatoms. The molecule has 1 heterocycles. The van der Waals surface area contributed by atoms with Crippen molar-refractivity contribution >= 4 is 92.2 Å². The van der Waals surface area contributed by atoms with Crippen molar-refractivity contribution in [3.8, 4) is 0 Å². The molecule has 0 aromatic heterocycles. The summed E-state index contributed by atoms with van der Waals surface area (Å²) in [5.41, 5.74) is 12.1. The number of carbonyl (C=O) groups is 1. The molecule has 0 radical (unpaired) electrons. The fourth-order valence-corrected chi connectivity index (χ4v) is 10.5. The van der Waals surface area contributed by atoms with Gasteiger partial charge < -0.3 is 15.4 Å². The van der Waals surface area contributed by atoms with E-state index in [0.29, 0.717) is 37.6 Å². The van der Waals surface area contributed by atoms with E-state index in [9.17, 15) is 4.79 Å². The van der Waals surface area contributed by atoms with Gasteiger partial charge in [-0.3, -0.25) is 0 Å². The van der Waals surface area contributed by atoms with Crippen LogP contribution in [0, 0.1) is 0 Å². The molecule has 7 aromatic rings. The number of nitrogens with one attached hydrogen (secondary N) is 2. The van der Waals surface area contributed by atoms with Crippen LogP contribution in [0.1, 0.15) is 74.3 Å². The van der Waals surface area contributed by atoms with E-state index < -0.39 is 11.6 Å². The minimum Gasteiger partial charge on any atom is -0.442 e.